The average Bonchev–Trinajstić information content (AvgIpc) is 3.39. The van der Waals surface area contributed by atoms with Crippen molar-refractivity contribution < 1.29 is 22.8 Å². The van der Waals surface area contributed by atoms with Crippen LogP contribution in [0.5, 0.6) is 0 Å². The number of rotatable bonds is 7. The molecule has 0 spiro atoms. The van der Waals surface area contributed by atoms with Crippen molar-refractivity contribution in [2.24, 2.45) is 0 Å². The predicted molar refractivity (Wildman–Crippen MR) is 154 cm³/mol. The maximum absolute atomic E-state index is 13.6. The molecule has 1 atom stereocenters. The summed E-state index contributed by atoms with van der Waals surface area (Å²) in [7, 11) is 7.04. The number of anilines is 5. The first-order valence-electron chi connectivity index (χ1n) is 13.0. The minimum absolute atomic E-state index is 0.0527. The molecule has 0 bridgehead atoms. The van der Waals surface area contributed by atoms with Crippen LogP contribution in [0.15, 0.2) is 48.8 Å². The second-order valence-electron chi connectivity index (χ2n) is 10.0. The van der Waals surface area contributed by atoms with Gasteiger partial charge in [-0.15, -0.1) is 0 Å². The molecule has 0 aliphatic carbocycles. The SMILES string of the molecule is CNc1cc(N(C)C(=O)Nc2cc(C(=O)Nc3cc(C(F)(F)F)ccc3N(C)C3CCN(C)C3)ccc2C)ncn1. The standard InChI is InChI=1S/C28H33F3N8O2/c1-17-6-7-18(12-21(17)36-27(41)39(5)25-14-24(32-2)33-16-34-25)26(40)35-22-13-19(28(29,30)31)8-9-23(22)38(4)20-10-11-37(3)15-20/h6-9,12-14,16,20H,10-11,15H2,1-5H3,(H,35,40)(H,36,41)(H,32,33,34). The number of aryl methyl sites for hydroxylation is 1. The lowest BCUT2D eigenvalue weighted by atomic mass is 10.1. The normalized spacial score (nSPS) is 15.4. The molecule has 1 aliphatic heterocycles. The fourth-order valence-corrected chi connectivity index (χ4v) is 4.61. The Morgan fingerprint density at radius 3 is 2.44 bits per heavy atom. The first kappa shape index (κ1) is 29.6. The number of carbonyl (C=O) groups is 2. The molecule has 4 rings (SSSR count). The van der Waals surface area contributed by atoms with E-state index in [2.05, 4.69) is 30.8 Å². The van der Waals surface area contributed by atoms with E-state index in [1.54, 1.807) is 32.2 Å². The molecule has 2 aromatic carbocycles. The molecule has 218 valence electrons. The van der Waals surface area contributed by atoms with E-state index >= 15 is 0 Å². The first-order valence-corrected chi connectivity index (χ1v) is 13.0. The van der Waals surface area contributed by atoms with Crippen LogP contribution in [0.25, 0.3) is 0 Å². The van der Waals surface area contributed by atoms with Crippen LogP contribution in [0.4, 0.5) is 46.7 Å². The molecule has 1 aliphatic rings. The highest BCUT2D eigenvalue weighted by molar-refractivity contribution is 6.08. The molecule has 1 saturated heterocycles. The van der Waals surface area contributed by atoms with E-state index in [1.807, 2.05) is 19.0 Å². The zero-order valence-corrected chi connectivity index (χ0v) is 23.5. The molecule has 3 amide bonds. The Hall–Kier alpha value is -4.39. The van der Waals surface area contributed by atoms with Crippen molar-refractivity contribution in [2.45, 2.75) is 25.6 Å². The third-order valence-corrected chi connectivity index (χ3v) is 7.16. The van der Waals surface area contributed by atoms with Crippen LogP contribution in [-0.4, -0.2) is 74.1 Å². The number of nitrogens with zero attached hydrogens (tertiary/aromatic N) is 5. The molecule has 1 unspecified atom stereocenters. The summed E-state index contributed by atoms with van der Waals surface area (Å²) in [5, 5.41) is 8.32. The van der Waals surface area contributed by atoms with Crippen molar-refractivity contribution in [2.75, 3.05) is 67.0 Å². The lowest BCUT2D eigenvalue weighted by molar-refractivity contribution is -0.137. The van der Waals surface area contributed by atoms with Gasteiger partial charge in [0.15, 0.2) is 0 Å². The number of alkyl halides is 3. The van der Waals surface area contributed by atoms with Gasteiger partial charge in [-0.2, -0.15) is 13.2 Å². The van der Waals surface area contributed by atoms with E-state index in [-0.39, 0.29) is 17.3 Å². The van der Waals surface area contributed by atoms with E-state index in [1.165, 1.54) is 30.4 Å². The Morgan fingerprint density at radius 1 is 1.02 bits per heavy atom. The van der Waals surface area contributed by atoms with Crippen LogP contribution < -0.4 is 25.8 Å². The minimum atomic E-state index is -4.57. The van der Waals surface area contributed by atoms with Gasteiger partial charge in [-0.25, -0.2) is 14.8 Å². The van der Waals surface area contributed by atoms with Gasteiger partial charge in [0.25, 0.3) is 5.91 Å². The van der Waals surface area contributed by atoms with Gasteiger partial charge in [0.2, 0.25) is 0 Å². The first-order chi connectivity index (χ1) is 19.4. The second-order valence-corrected chi connectivity index (χ2v) is 10.0. The molecular formula is C28H33F3N8O2. The molecular weight excluding hydrogens is 537 g/mol. The monoisotopic (exact) mass is 570 g/mol. The van der Waals surface area contributed by atoms with E-state index in [0.29, 0.717) is 28.6 Å². The predicted octanol–water partition coefficient (Wildman–Crippen LogP) is 4.91. The lowest BCUT2D eigenvalue weighted by Crippen LogP contribution is -2.34. The smallest absolute Gasteiger partial charge is 0.373 e. The quantitative estimate of drug-likeness (QED) is 0.371. The molecule has 0 radical (unpaired) electrons. The number of hydrogen-bond acceptors (Lipinski definition) is 7. The summed E-state index contributed by atoms with van der Waals surface area (Å²) in [6.07, 6.45) is -2.40. The van der Waals surface area contributed by atoms with Crippen LogP contribution in [0.3, 0.4) is 0 Å². The van der Waals surface area contributed by atoms with Crippen LogP contribution in [-0.2, 0) is 6.18 Å². The summed E-state index contributed by atoms with van der Waals surface area (Å²) < 4.78 is 40.7. The van der Waals surface area contributed by atoms with Crippen molar-refractivity contribution in [1.29, 1.82) is 0 Å². The van der Waals surface area contributed by atoms with Gasteiger partial charge in [0.05, 0.1) is 16.9 Å². The van der Waals surface area contributed by atoms with Crippen molar-refractivity contribution in [3.8, 4) is 0 Å². The van der Waals surface area contributed by atoms with Crippen LogP contribution in [0.1, 0.15) is 27.9 Å². The lowest BCUT2D eigenvalue weighted by Gasteiger charge is -2.29. The molecule has 3 N–H and O–H groups in total. The number of hydrogen-bond donors (Lipinski definition) is 3. The molecule has 13 heteroatoms. The van der Waals surface area contributed by atoms with Crippen LogP contribution in [0.2, 0.25) is 0 Å². The fraction of sp³-hybridized carbons (Fsp3) is 0.357. The molecule has 2 heterocycles. The molecule has 3 aromatic rings. The Labute approximate surface area is 236 Å². The van der Waals surface area contributed by atoms with Crippen molar-refractivity contribution in [3.05, 3.63) is 65.5 Å². The maximum atomic E-state index is 13.6. The number of urea groups is 1. The number of likely N-dealkylation sites (N-methyl/N-ethyl adjacent to an activating group) is 2. The Kier molecular flexibility index (Phi) is 8.66. The fourth-order valence-electron chi connectivity index (χ4n) is 4.61. The summed E-state index contributed by atoms with van der Waals surface area (Å²) in [6.45, 7) is 3.39. The number of likely N-dealkylation sites (tertiary alicyclic amines) is 1. The van der Waals surface area contributed by atoms with E-state index < -0.39 is 23.7 Å². The second kappa shape index (κ2) is 12.0. The maximum Gasteiger partial charge on any atom is 0.416 e. The molecule has 0 saturated carbocycles. The highest BCUT2D eigenvalue weighted by atomic mass is 19.4. The topological polar surface area (TPSA) is 106 Å². The van der Waals surface area contributed by atoms with Gasteiger partial charge < -0.3 is 25.8 Å². The minimum Gasteiger partial charge on any atom is -0.373 e. The largest absolute Gasteiger partial charge is 0.416 e. The van der Waals surface area contributed by atoms with E-state index in [4.69, 9.17) is 0 Å². The number of benzene rings is 2. The summed E-state index contributed by atoms with van der Waals surface area (Å²) in [4.78, 5) is 39.8. The highest BCUT2D eigenvalue weighted by Crippen LogP contribution is 2.37. The zero-order chi connectivity index (χ0) is 29.9. The average molecular weight is 571 g/mol. The zero-order valence-electron chi connectivity index (χ0n) is 23.5. The third kappa shape index (κ3) is 6.85. The third-order valence-electron chi connectivity index (χ3n) is 7.16. The Balaban J connectivity index is 1.57. The molecule has 41 heavy (non-hydrogen) atoms. The molecule has 1 fully saturated rings. The van der Waals surface area contributed by atoms with Gasteiger partial charge in [-0.3, -0.25) is 9.69 Å². The van der Waals surface area contributed by atoms with Crippen molar-refractivity contribution in [3.63, 3.8) is 0 Å². The van der Waals surface area contributed by atoms with Crippen molar-refractivity contribution in [1.82, 2.24) is 14.9 Å². The Morgan fingerprint density at radius 2 is 1.78 bits per heavy atom. The Bertz CT molecular complexity index is 1430. The molecule has 1 aromatic heterocycles. The van der Waals surface area contributed by atoms with E-state index in [0.717, 1.165) is 31.6 Å². The van der Waals surface area contributed by atoms with Crippen LogP contribution in [0, 0.1) is 6.92 Å². The van der Waals surface area contributed by atoms with Gasteiger partial charge in [-0.05, 0) is 62.8 Å². The number of nitrogens with one attached hydrogen (secondary N) is 3. The van der Waals surface area contributed by atoms with Gasteiger partial charge in [-0.1, -0.05) is 6.07 Å². The summed E-state index contributed by atoms with van der Waals surface area (Å²) in [5.41, 5.74) is 0.898. The summed E-state index contributed by atoms with van der Waals surface area (Å²) in [5.74, 6) is 0.271. The van der Waals surface area contributed by atoms with Gasteiger partial charge >= 0.3 is 12.2 Å². The van der Waals surface area contributed by atoms with Crippen molar-refractivity contribution >= 4 is 40.6 Å². The number of halogens is 3. The number of carbonyl (C=O) groups excluding carboxylic acids is 2. The number of aromatic nitrogens is 2. The molecule has 10 nitrogen and oxygen atoms in total. The van der Waals surface area contributed by atoms with Gasteiger partial charge in [0.1, 0.15) is 18.0 Å². The summed E-state index contributed by atoms with van der Waals surface area (Å²) in [6, 6.07) is 9.24. The number of amides is 3. The highest BCUT2D eigenvalue weighted by Gasteiger charge is 2.33. The van der Waals surface area contributed by atoms with Gasteiger partial charge in [0, 0.05) is 51.0 Å². The van der Waals surface area contributed by atoms with E-state index in [9.17, 15) is 22.8 Å². The summed E-state index contributed by atoms with van der Waals surface area (Å²) >= 11 is 0. The van der Waals surface area contributed by atoms with Crippen LogP contribution >= 0.6 is 0 Å².